The second kappa shape index (κ2) is 6.66. The number of rotatable bonds is 4. The van der Waals surface area contributed by atoms with Crippen LogP contribution in [0.25, 0.3) is 16.4 Å². The molecule has 0 saturated carbocycles. The summed E-state index contributed by atoms with van der Waals surface area (Å²) >= 11 is 1.36. The number of anilines is 1. The summed E-state index contributed by atoms with van der Waals surface area (Å²) in [5, 5.41) is 7.77. The van der Waals surface area contributed by atoms with Crippen LogP contribution in [0.5, 0.6) is 0 Å². The summed E-state index contributed by atoms with van der Waals surface area (Å²) in [6.07, 6.45) is 6.69. The molecule has 0 bridgehead atoms. The van der Waals surface area contributed by atoms with Gasteiger partial charge in [0.25, 0.3) is 5.91 Å². The zero-order valence-corrected chi connectivity index (χ0v) is 13.9. The van der Waals surface area contributed by atoms with Gasteiger partial charge in [0.1, 0.15) is 9.88 Å². The van der Waals surface area contributed by atoms with Crippen molar-refractivity contribution in [3.63, 3.8) is 0 Å². The van der Waals surface area contributed by atoms with E-state index in [-0.39, 0.29) is 5.91 Å². The molecule has 25 heavy (non-hydrogen) atoms. The van der Waals surface area contributed by atoms with Crippen LogP contribution in [0.1, 0.15) is 9.67 Å². The lowest BCUT2D eigenvalue weighted by Gasteiger charge is -2.04. The molecule has 6 nitrogen and oxygen atoms in total. The van der Waals surface area contributed by atoms with E-state index in [1.54, 1.807) is 35.4 Å². The van der Waals surface area contributed by atoms with E-state index in [0.717, 1.165) is 10.6 Å². The number of hydrogen-bond donors (Lipinski definition) is 1. The van der Waals surface area contributed by atoms with Crippen LogP contribution in [-0.4, -0.2) is 25.7 Å². The Morgan fingerprint density at radius 3 is 2.60 bits per heavy atom. The Morgan fingerprint density at radius 2 is 1.88 bits per heavy atom. The normalized spacial score (nSPS) is 10.6. The highest BCUT2D eigenvalue weighted by molar-refractivity contribution is 7.17. The van der Waals surface area contributed by atoms with E-state index in [0.29, 0.717) is 16.4 Å². The molecular formula is C18H13N5OS. The van der Waals surface area contributed by atoms with Crippen LogP contribution in [-0.2, 0) is 0 Å². The molecule has 1 amide bonds. The molecule has 0 atom stereocenters. The van der Waals surface area contributed by atoms with Gasteiger partial charge in [-0.1, -0.05) is 30.3 Å². The van der Waals surface area contributed by atoms with Gasteiger partial charge in [0.15, 0.2) is 5.82 Å². The minimum atomic E-state index is -0.201. The predicted molar refractivity (Wildman–Crippen MR) is 96.9 cm³/mol. The molecule has 0 aliphatic heterocycles. The number of carbonyl (C=O) groups is 1. The Balaban J connectivity index is 1.48. The largest absolute Gasteiger partial charge is 0.320 e. The Kier molecular flexibility index (Phi) is 4.05. The molecule has 0 unspecified atom stereocenters. The number of aromatic nitrogens is 4. The number of amides is 1. The SMILES string of the molecule is O=C(Nc1ccc(-n2cccn2)nc1)c1cnc(-c2ccccc2)s1. The van der Waals surface area contributed by atoms with Crippen molar-refractivity contribution < 1.29 is 4.79 Å². The lowest BCUT2D eigenvalue weighted by Crippen LogP contribution is -2.10. The summed E-state index contributed by atoms with van der Waals surface area (Å²) in [5.41, 5.74) is 1.62. The number of hydrogen-bond acceptors (Lipinski definition) is 5. The van der Waals surface area contributed by atoms with Crippen LogP contribution in [0.15, 0.2) is 73.3 Å². The maximum Gasteiger partial charge on any atom is 0.267 e. The summed E-state index contributed by atoms with van der Waals surface area (Å²) in [7, 11) is 0. The molecule has 0 aliphatic carbocycles. The number of nitrogens with one attached hydrogen (secondary N) is 1. The van der Waals surface area contributed by atoms with Crippen LogP contribution in [0.4, 0.5) is 5.69 Å². The summed E-state index contributed by atoms with van der Waals surface area (Å²) < 4.78 is 1.65. The Hall–Kier alpha value is -3.32. The highest BCUT2D eigenvalue weighted by atomic mass is 32.1. The van der Waals surface area contributed by atoms with Crippen molar-refractivity contribution in [1.82, 2.24) is 19.7 Å². The molecule has 0 radical (unpaired) electrons. The van der Waals surface area contributed by atoms with Gasteiger partial charge in [0, 0.05) is 18.0 Å². The molecule has 7 heteroatoms. The first-order chi connectivity index (χ1) is 12.3. The van der Waals surface area contributed by atoms with Crippen molar-refractivity contribution >= 4 is 22.9 Å². The standard InChI is InChI=1S/C18H13N5OS/c24-17(15-12-20-18(25-15)13-5-2-1-3-6-13)22-14-7-8-16(19-11-14)23-10-4-9-21-23/h1-12H,(H,22,24). The van der Waals surface area contributed by atoms with Crippen molar-refractivity contribution in [3.05, 3.63) is 78.2 Å². The van der Waals surface area contributed by atoms with Crippen LogP contribution in [0, 0.1) is 0 Å². The van der Waals surface area contributed by atoms with Crippen molar-refractivity contribution in [1.29, 1.82) is 0 Å². The average Bonchev–Trinajstić information content (AvgIpc) is 3.35. The molecule has 4 aromatic rings. The fourth-order valence-corrected chi connectivity index (χ4v) is 3.10. The van der Waals surface area contributed by atoms with Crippen molar-refractivity contribution in [3.8, 4) is 16.4 Å². The molecule has 0 fully saturated rings. The summed E-state index contributed by atoms with van der Waals surface area (Å²) in [4.78, 5) is 21.6. The number of thiazole rings is 1. The maximum absolute atomic E-state index is 12.4. The van der Waals surface area contributed by atoms with Crippen molar-refractivity contribution in [2.75, 3.05) is 5.32 Å². The van der Waals surface area contributed by atoms with Crippen LogP contribution in [0.2, 0.25) is 0 Å². The van der Waals surface area contributed by atoms with Gasteiger partial charge in [-0.05, 0) is 18.2 Å². The number of carbonyl (C=O) groups excluding carboxylic acids is 1. The molecule has 4 rings (SSSR count). The zero-order chi connectivity index (χ0) is 17.1. The first-order valence-corrected chi connectivity index (χ1v) is 8.40. The lowest BCUT2D eigenvalue weighted by molar-refractivity contribution is 0.103. The predicted octanol–water partition coefficient (Wildman–Crippen LogP) is 3.64. The van der Waals surface area contributed by atoms with Gasteiger partial charge in [0.2, 0.25) is 0 Å². The smallest absolute Gasteiger partial charge is 0.267 e. The molecule has 1 aromatic carbocycles. The number of nitrogens with zero attached hydrogens (tertiary/aromatic N) is 4. The van der Waals surface area contributed by atoms with E-state index >= 15 is 0 Å². The van der Waals surface area contributed by atoms with Crippen molar-refractivity contribution in [2.24, 2.45) is 0 Å². The van der Waals surface area contributed by atoms with Gasteiger partial charge in [-0.2, -0.15) is 5.10 Å². The molecule has 3 aromatic heterocycles. The van der Waals surface area contributed by atoms with Crippen molar-refractivity contribution in [2.45, 2.75) is 0 Å². The van der Waals surface area contributed by atoms with Gasteiger partial charge >= 0.3 is 0 Å². The molecule has 3 heterocycles. The average molecular weight is 347 g/mol. The summed E-state index contributed by atoms with van der Waals surface area (Å²) in [5.74, 6) is 0.487. The van der Waals surface area contributed by atoms with E-state index in [1.165, 1.54) is 11.3 Å². The van der Waals surface area contributed by atoms with Gasteiger partial charge < -0.3 is 5.32 Å². The third-order valence-electron chi connectivity index (χ3n) is 3.50. The first-order valence-electron chi connectivity index (χ1n) is 7.58. The first kappa shape index (κ1) is 15.2. The second-order valence-corrected chi connectivity index (χ2v) is 6.24. The van der Waals surface area contributed by atoms with E-state index in [1.807, 2.05) is 42.6 Å². The molecule has 122 valence electrons. The number of pyridine rings is 1. The molecular weight excluding hydrogens is 334 g/mol. The highest BCUT2D eigenvalue weighted by Gasteiger charge is 2.12. The van der Waals surface area contributed by atoms with E-state index in [2.05, 4.69) is 20.4 Å². The van der Waals surface area contributed by atoms with E-state index in [9.17, 15) is 4.79 Å². The Bertz CT molecular complexity index is 978. The Labute approximate surface area is 147 Å². The quantitative estimate of drug-likeness (QED) is 0.612. The van der Waals surface area contributed by atoms with Gasteiger partial charge in [-0.15, -0.1) is 11.3 Å². The van der Waals surface area contributed by atoms with Crippen LogP contribution < -0.4 is 5.32 Å². The van der Waals surface area contributed by atoms with Gasteiger partial charge in [0.05, 0.1) is 18.1 Å². The monoisotopic (exact) mass is 347 g/mol. The zero-order valence-electron chi connectivity index (χ0n) is 13.0. The third-order valence-corrected chi connectivity index (χ3v) is 4.54. The third kappa shape index (κ3) is 3.31. The minimum absolute atomic E-state index is 0.201. The van der Waals surface area contributed by atoms with Gasteiger partial charge in [-0.25, -0.2) is 14.6 Å². The lowest BCUT2D eigenvalue weighted by atomic mass is 10.2. The second-order valence-electron chi connectivity index (χ2n) is 5.21. The summed E-state index contributed by atoms with van der Waals surface area (Å²) in [6, 6.07) is 15.2. The topological polar surface area (TPSA) is 72.7 Å². The fraction of sp³-hybridized carbons (Fsp3) is 0. The van der Waals surface area contributed by atoms with Crippen LogP contribution in [0.3, 0.4) is 0 Å². The fourth-order valence-electron chi connectivity index (χ4n) is 2.29. The summed E-state index contributed by atoms with van der Waals surface area (Å²) in [6.45, 7) is 0. The van der Waals surface area contributed by atoms with Gasteiger partial charge in [-0.3, -0.25) is 4.79 Å². The highest BCUT2D eigenvalue weighted by Crippen LogP contribution is 2.25. The maximum atomic E-state index is 12.4. The molecule has 1 N–H and O–H groups in total. The Morgan fingerprint density at radius 1 is 1.00 bits per heavy atom. The van der Waals surface area contributed by atoms with Crippen LogP contribution >= 0.6 is 11.3 Å². The number of benzene rings is 1. The molecule has 0 spiro atoms. The minimum Gasteiger partial charge on any atom is -0.320 e. The van der Waals surface area contributed by atoms with E-state index in [4.69, 9.17) is 0 Å². The van der Waals surface area contributed by atoms with E-state index < -0.39 is 0 Å². The molecule has 0 saturated heterocycles. The molecule has 0 aliphatic rings.